The maximum atomic E-state index is 13.3. The summed E-state index contributed by atoms with van der Waals surface area (Å²) in [5.41, 5.74) is 1.73. The van der Waals surface area contributed by atoms with E-state index in [0.29, 0.717) is 30.3 Å². The van der Waals surface area contributed by atoms with Crippen LogP contribution in [-0.2, 0) is 10.2 Å². The topological polar surface area (TPSA) is 77.0 Å². The number of nitrogens with zero attached hydrogens (tertiary/aromatic N) is 3. The summed E-state index contributed by atoms with van der Waals surface area (Å²) >= 11 is 0. The average Bonchev–Trinajstić information content (AvgIpc) is 3.44. The van der Waals surface area contributed by atoms with Gasteiger partial charge in [0.15, 0.2) is 5.75 Å². The molecule has 2 aromatic heterocycles. The Morgan fingerprint density at radius 3 is 2.76 bits per heavy atom. The Bertz CT molecular complexity index is 1040. The van der Waals surface area contributed by atoms with E-state index in [4.69, 9.17) is 4.74 Å². The number of hydrogen-bond acceptors (Lipinski definition) is 5. The number of aromatic nitrogens is 3. The Kier molecular flexibility index (Phi) is 4.96. The Morgan fingerprint density at radius 1 is 1.24 bits per heavy atom. The number of nitrogens with one attached hydrogen (secondary N) is 1. The van der Waals surface area contributed by atoms with Gasteiger partial charge in [-0.25, -0.2) is 15.0 Å². The molecule has 1 N–H and O–H groups in total. The van der Waals surface area contributed by atoms with Gasteiger partial charge in [-0.2, -0.15) is 4.39 Å². The van der Waals surface area contributed by atoms with Gasteiger partial charge in [0.05, 0.1) is 24.4 Å². The maximum absolute atomic E-state index is 13.3. The Hall–Kier alpha value is -3.35. The van der Waals surface area contributed by atoms with E-state index in [9.17, 15) is 9.18 Å². The number of carbonyl (C=O) groups excluding carboxylic acids is 1. The molecule has 0 aliphatic heterocycles. The number of anilines is 1. The van der Waals surface area contributed by atoms with Gasteiger partial charge < -0.3 is 10.1 Å². The van der Waals surface area contributed by atoms with Crippen LogP contribution in [0.5, 0.6) is 5.75 Å². The second kappa shape index (κ2) is 7.58. The molecule has 4 rings (SSSR count). The molecule has 0 spiro atoms. The fourth-order valence-electron chi connectivity index (χ4n) is 3.61. The van der Waals surface area contributed by atoms with Crippen LogP contribution in [0.3, 0.4) is 0 Å². The Morgan fingerprint density at radius 2 is 2.03 bits per heavy atom. The molecule has 1 saturated carbocycles. The van der Waals surface area contributed by atoms with Crippen LogP contribution in [0.15, 0.2) is 54.9 Å². The van der Waals surface area contributed by atoms with Gasteiger partial charge in [0.2, 0.25) is 11.9 Å². The van der Waals surface area contributed by atoms with Gasteiger partial charge in [-0.05, 0) is 31.9 Å². The van der Waals surface area contributed by atoms with Crippen LogP contribution in [-0.4, -0.2) is 27.5 Å². The van der Waals surface area contributed by atoms with Crippen molar-refractivity contribution in [3.8, 4) is 5.75 Å². The number of carbonyl (C=O) groups is 1. The van der Waals surface area contributed by atoms with Crippen molar-refractivity contribution in [3.05, 3.63) is 77.9 Å². The molecule has 0 bridgehead atoms. The molecule has 2 atom stereocenters. The molecule has 1 aliphatic carbocycles. The fourth-order valence-corrected chi connectivity index (χ4v) is 3.61. The monoisotopic (exact) mass is 392 g/mol. The van der Waals surface area contributed by atoms with E-state index >= 15 is 0 Å². The zero-order valence-electron chi connectivity index (χ0n) is 16.2. The predicted molar refractivity (Wildman–Crippen MR) is 106 cm³/mol. The van der Waals surface area contributed by atoms with Crippen LogP contribution in [0.4, 0.5) is 10.1 Å². The molecule has 29 heavy (non-hydrogen) atoms. The molecule has 2 heterocycles. The molecule has 3 aromatic rings. The maximum Gasteiger partial charge on any atom is 0.228 e. The summed E-state index contributed by atoms with van der Waals surface area (Å²) < 4.78 is 19.4. The van der Waals surface area contributed by atoms with Crippen LogP contribution in [0.25, 0.3) is 0 Å². The third kappa shape index (κ3) is 3.94. The number of pyridine rings is 1. The number of benzene rings is 1. The van der Waals surface area contributed by atoms with Crippen LogP contribution < -0.4 is 10.1 Å². The van der Waals surface area contributed by atoms with Crippen molar-refractivity contribution in [2.75, 3.05) is 11.9 Å². The smallest absolute Gasteiger partial charge is 0.228 e. The van der Waals surface area contributed by atoms with Crippen molar-refractivity contribution in [1.82, 2.24) is 15.0 Å². The first kappa shape index (κ1) is 19.0. The molecular formula is C22H21FN4O2. The van der Waals surface area contributed by atoms with Gasteiger partial charge in [-0.15, -0.1) is 0 Å². The number of ether oxygens (including phenoxy) is 1. The summed E-state index contributed by atoms with van der Waals surface area (Å²) in [6.07, 6.45) is 3.63. The highest BCUT2D eigenvalue weighted by Gasteiger charge is 2.60. The van der Waals surface area contributed by atoms with Crippen LogP contribution in [0.1, 0.15) is 23.5 Å². The van der Waals surface area contributed by atoms with Gasteiger partial charge >= 0.3 is 0 Å². The second-order valence-electron chi connectivity index (χ2n) is 7.29. The predicted octanol–water partition coefficient (Wildman–Crippen LogP) is 3.60. The van der Waals surface area contributed by atoms with Gasteiger partial charge in [-0.1, -0.05) is 30.3 Å². The quantitative estimate of drug-likeness (QED) is 0.649. The largest absolute Gasteiger partial charge is 0.489 e. The summed E-state index contributed by atoms with van der Waals surface area (Å²) in [7, 11) is 0. The standard InChI is InChI=1S/C22H21FN4O2/c1-14-19(12-25-15(2)26-14)29-13-22(16-6-4-3-5-7-16)11-18(22)21(28)27-17-8-9-24-20(23)10-17/h3-10,12,18H,11,13H2,1-2H3,(H,24,27,28)/t18?,22-/m1/s1. The molecule has 0 radical (unpaired) electrons. The lowest BCUT2D eigenvalue weighted by Crippen LogP contribution is -2.26. The van der Waals surface area contributed by atoms with Crippen molar-refractivity contribution in [2.45, 2.75) is 25.7 Å². The van der Waals surface area contributed by atoms with Crippen LogP contribution in [0.2, 0.25) is 0 Å². The zero-order chi connectivity index (χ0) is 20.4. The normalized spacial score (nSPS) is 20.2. The summed E-state index contributed by atoms with van der Waals surface area (Å²) in [4.78, 5) is 24.9. The van der Waals surface area contributed by atoms with E-state index in [1.54, 1.807) is 12.3 Å². The number of amides is 1. The first-order valence-corrected chi connectivity index (χ1v) is 9.39. The van der Waals surface area contributed by atoms with E-state index in [-0.39, 0.29) is 11.8 Å². The third-order valence-electron chi connectivity index (χ3n) is 5.27. The highest BCUT2D eigenvalue weighted by atomic mass is 19.1. The fraction of sp³-hybridized carbons (Fsp3) is 0.273. The lowest BCUT2D eigenvalue weighted by Gasteiger charge is -2.19. The molecule has 1 unspecified atom stereocenters. The van der Waals surface area contributed by atoms with Gasteiger partial charge in [-0.3, -0.25) is 4.79 Å². The van der Waals surface area contributed by atoms with E-state index in [1.165, 1.54) is 12.3 Å². The first-order chi connectivity index (χ1) is 14.0. The summed E-state index contributed by atoms with van der Waals surface area (Å²) in [6.45, 7) is 4.02. The van der Waals surface area contributed by atoms with Crippen molar-refractivity contribution in [1.29, 1.82) is 0 Å². The van der Waals surface area contributed by atoms with Gasteiger partial charge in [0.1, 0.15) is 5.82 Å². The van der Waals surface area contributed by atoms with E-state index in [1.807, 2.05) is 44.2 Å². The van der Waals surface area contributed by atoms with Crippen LogP contribution >= 0.6 is 0 Å². The lowest BCUT2D eigenvalue weighted by atomic mass is 9.93. The summed E-state index contributed by atoms with van der Waals surface area (Å²) in [5, 5.41) is 2.79. The molecule has 148 valence electrons. The second-order valence-corrected chi connectivity index (χ2v) is 7.29. The highest BCUT2D eigenvalue weighted by molar-refractivity contribution is 5.96. The third-order valence-corrected chi connectivity index (χ3v) is 5.27. The van der Waals surface area contributed by atoms with Crippen molar-refractivity contribution in [2.24, 2.45) is 5.92 Å². The van der Waals surface area contributed by atoms with Crippen molar-refractivity contribution >= 4 is 11.6 Å². The SMILES string of the molecule is Cc1ncc(OC[C@@]2(c3ccccc3)CC2C(=O)Nc2ccnc(F)c2)c(C)n1. The minimum atomic E-state index is -0.633. The highest BCUT2D eigenvalue weighted by Crippen LogP contribution is 2.55. The first-order valence-electron chi connectivity index (χ1n) is 9.39. The van der Waals surface area contributed by atoms with Gasteiger partial charge in [0, 0.05) is 23.4 Å². The van der Waals surface area contributed by atoms with Crippen LogP contribution in [0, 0.1) is 25.7 Å². The average molecular weight is 392 g/mol. The molecule has 6 nitrogen and oxygen atoms in total. The van der Waals surface area contributed by atoms with Crippen molar-refractivity contribution in [3.63, 3.8) is 0 Å². The van der Waals surface area contributed by atoms with E-state index in [0.717, 1.165) is 11.3 Å². The molecule has 0 saturated heterocycles. The molecular weight excluding hydrogens is 371 g/mol. The number of halogens is 1. The Balaban J connectivity index is 1.54. The number of hydrogen-bond donors (Lipinski definition) is 1. The molecule has 1 aromatic carbocycles. The van der Waals surface area contributed by atoms with Gasteiger partial charge in [0.25, 0.3) is 0 Å². The Labute approximate surface area is 168 Å². The summed E-state index contributed by atoms with van der Waals surface area (Å²) in [6, 6.07) is 12.6. The molecule has 1 aliphatic rings. The number of rotatable bonds is 6. The lowest BCUT2D eigenvalue weighted by molar-refractivity contribution is -0.117. The molecule has 1 fully saturated rings. The minimum absolute atomic E-state index is 0.167. The number of aryl methyl sites for hydroxylation is 2. The van der Waals surface area contributed by atoms with E-state index in [2.05, 4.69) is 20.3 Å². The molecule has 7 heteroatoms. The van der Waals surface area contributed by atoms with Crippen molar-refractivity contribution < 1.29 is 13.9 Å². The minimum Gasteiger partial charge on any atom is -0.489 e. The van der Waals surface area contributed by atoms with E-state index < -0.39 is 11.4 Å². The zero-order valence-corrected chi connectivity index (χ0v) is 16.2. The molecule has 1 amide bonds. The summed E-state index contributed by atoms with van der Waals surface area (Å²) in [5.74, 6) is 0.202.